The van der Waals surface area contributed by atoms with Crippen LogP contribution in [0.2, 0.25) is 0 Å². The van der Waals surface area contributed by atoms with Gasteiger partial charge in [0, 0.05) is 39.1 Å². The third kappa shape index (κ3) is 3.80. The molecule has 1 saturated carbocycles. The van der Waals surface area contributed by atoms with E-state index in [0.717, 1.165) is 6.07 Å². The molecule has 4 N–H and O–H groups in total. The predicted molar refractivity (Wildman–Crippen MR) is 112 cm³/mol. The Morgan fingerprint density at radius 2 is 2.00 bits per heavy atom. The molecular weight excluding hydrogens is 465 g/mol. The maximum absolute atomic E-state index is 15.0. The zero-order valence-electron chi connectivity index (χ0n) is 17.0. The van der Waals surface area contributed by atoms with E-state index in [0.29, 0.717) is 17.4 Å². The first-order valence-electron chi connectivity index (χ1n) is 9.75. The number of phenols is 1. The number of anilines is 1. The summed E-state index contributed by atoms with van der Waals surface area (Å²) in [6.45, 7) is 0.398. The first-order chi connectivity index (χ1) is 15.0. The molecule has 2 aliphatic heterocycles. The molecule has 0 aromatic heterocycles. The van der Waals surface area contributed by atoms with E-state index in [9.17, 15) is 31.1 Å². The van der Waals surface area contributed by atoms with Crippen molar-refractivity contribution >= 4 is 32.0 Å². The van der Waals surface area contributed by atoms with Gasteiger partial charge in [-0.15, -0.1) is 0 Å². The fraction of sp³-hybridized carbons (Fsp3) is 0.500. The number of carbonyl (C=O) groups is 1. The third-order valence-electron chi connectivity index (χ3n) is 5.86. The molecule has 1 aromatic carbocycles. The molecule has 3 aliphatic rings. The van der Waals surface area contributed by atoms with E-state index in [-0.39, 0.29) is 36.4 Å². The number of fused-ring (bicyclic) bond motifs is 1. The van der Waals surface area contributed by atoms with Crippen molar-refractivity contribution in [2.45, 2.75) is 0 Å². The first kappa shape index (κ1) is 22.7. The van der Waals surface area contributed by atoms with Crippen molar-refractivity contribution in [1.82, 2.24) is 13.3 Å². The molecule has 0 spiro atoms. The van der Waals surface area contributed by atoms with Crippen molar-refractivity contribution in [3.63, 3.8) is 0 Å². The monoisotopic (exact) mass is 487 g/mol. The molecule has 14 heteroatoms. The van der Waals surface area contributed by atoms with Gasteiger partial charge in [-0.1, -0.05) is 11.8 Å². The Morgan fingerprint density at radius 3 is 2.56 bits per heavy atom. The summed E-state index contributed by atoms with van der Waals surface area (Å²) in [6, 6.07) is 2.33. The molecule has 1 aliphatic carbocycles. The van der Waals surface area contributed by atoms with Gasteiger partial charge in [0.2, 0.25) is 0 Å². The van der Waals surface area contributed by atoms with Gasteiger partial charge in [0.15, 0.2) is 5.82 Å². The topological polar surface area (TPSA) is 153 Å². The number of nitrogens with zero attached hydrogens (tertiary/aromatic N) is 3. The van der Waals surface area contributed by atoms with Gasteiger partial charge in [-0.25, -0.2) is 13.4 Å². The quantitative estimate of drug-likeness (QED) is 0.422. The van der Waals surface area contributed by atoms with Crippen LogP contribution in [0.4, 0.5) is 10.1 Å². The van der Waals surface area contributed by atoms with Crippen molar-refractivity contribution in [3.05, 3.63) is 23.5 Å². The molecule has 1 aromatic rings. The number of hydrogen-bond donors (Lipinski definition) is 3. The number of nitrogens with two attached hydrogens (primary N) is 1. The summed E-state index contributed by atoms with van der Waals surface area (Å²) >= 11 is 0. The van der Waals surface area contributed by atoms with E-state index >= 15 is 0 Å². The average Bonchev–Trinajstić information content (AvgIpc) is 3.02. The number of amides is 1. The molecule has 0 radical (unpaired) electrons. The van der Waals surface area contributed by atoms with E-state index in [4.69, 9.17) is 5.73 Å². The molecule has 2 saturated heterocycles. The van der Waals surface area contributed by atoms with E-state index in [2.05, 4.69) is 11.8 Å². The van der Waals surface area contributed by atoms with Crippen LogP contribution in [0.3, 0.4) is 0 Å². The van der Waals surface area contributed by atoms with Crippen molar-refractivity contribution in [3.8, 4) is 17.6 Å². The number of phenolic OH excluding ortho intramolecular Hbond substituents is 1. The van der Waals surface area contributed by atoms with Crippen LogP contribution in [0.15, 0.2) is 12.1 Å². The molecule has 2 heterocycles. The highest BCUT2D eigenvalue weighted by Gasteiger charge is 2.57. The number of piperidine rings is 1. The zero-order valence-corrected chi connectivity index (χ0v) is 18.7. The molecule has 1 unspecified atom stereocenters. The van der Waals surface area contributed by atoms with Gasteiger partial charge in [0.05, 0.1) is 5.56 Å². The number of carbonyl (C=O) groups excluding carboxylic acids is 1. The lowest BCUT2D eigenvalue weighted by Crippen LogP contribution is -2.43. The highest BCUT2D eigenvalue weighted by Crippen LogP contribution is 2.52. The van der Waals surface area contributed by atoms with E-state index in [1.165, 1.54) is 21.7 Å². The maximum Gasteiger partial charge on any atom is 0.326 e. The highest BCUT2D eigenvalue weighted by molar-refractivity contribution is 7.92. The highest BCUT2D eigenvalue weighted by atomic mass is 32.2. The fourth-order valence-corrected chi connectivity index (χ4v) is 6.69. The van der Waals surface area contributed by atoms with Gasteiger partial charge < -0.3 is 10.8 Å². The van der Waals surface area contributed by atoms with Crippen LogP contribution in [0.1, 0.15) is 5.56 Å². The number of nitrogens with one attached hydrogen (secondary N) is 1. The van der Waals surface area contributed by atoms with Gasteiger partial charge in [-0.3, -0.25) is 4.79 Å². The van der Waals surface area contributed by atoms with Gasteiger partial charge >= 0.3 is 10.2 Å². The van der Waals surface area contributed by atoms with Gasteiger partial charge in [-0.2, -0.15) is 25.4 Å². The normalized spacial score (nSPS) is 26.6. The molecule has 4 rings (SSSR count). The Labute approximate surface area is 185 Å². The van der Waals surface area contributed by atoms with Crippen LogP contribution in [-0.2, 0) is 25.2 Å². The zero-order chi connectivity index (χ0) is 23.4. The first-order valence-corrected chi connectivity index (χ1v) is 12.6. The summed E-state index contributed by atoms with van der Waals surface area (Å²) < 4.78 is 68.8. The van der Waals surface area contributed by atoms with Crippen LogP contribution in [0.5, 0.6) is 5.75 Å². The number of halogens is 1. The lowest BCUT2D eigenvalue weighted by molar-refractivity contribution is -0.117. The third-order valence-corrected chi connectivity index (χ3v) is 9.16. The van der Waals surface area contributed by atoms with Gasteiger partial charge in [-0.05, 0) is 24.0 Å². The summed E-state index contributed by atoms with van der Waals surface area (Å²) in [5.74, 6) is 3.01. The number of aromatic hydroxyl groups is 1. The van der Waals surface area contributed by atoms with Crippen molar-refractivity contribution in [2.75, 3.05) is 44.1 Å². The van der Waals surface area contributed by atoms with Gasteiger partial charge in [0.25, 0.3) is 16.1 Å². The van der Waals surface area contributed by atoms with Gasteiger partial charge in [0.1, 0.15) is 18.0 Å². The Balaban J connectivity index is 1.50. The average molecular weight is 488 g/mol. The lowest BCUT2D eigenvalue weighted by Gasteiger charge is -2.25. The Morgan fingerprint density at radius 1 is 1.34 bits per heavy atom. The Bertz CT molecular complexity index is 1230. The molecule has 32 heavy (non-hydrogen) atoms. The van der Waals surface area contributed by atoms with Crippen LogP contribution in [-0.4, -0.2) is 76.2 Å². The minimum Gasteiger partial charge on any atom is -0.506 e. The molecule has 3 fully saturated rings. The Hall–Kier alpha value is -2.44. The van der Waals surface area contributed by atoms with E-state index in [1.54, 1.807) is 4.72 Å². The second kappa shape index (κ2) is 7.85. The standard InChI is InChI=1S/C18H22FN5O6S2/c1-22(7-6-20)32(29,30)23-8-13-12(14(13)9-23)4-2-11-3-5-15(25)18(17(11)19)24-10-16(26)21-31(24,27)28/h3,5,12-14,25H,6-10,20H2,1H3,(H,21,26)/t12?,13-,14+. The second-order valence-corrected chi connectivity index (χ2v) is 11.5. The predicted octanol–water partition coefficient (Wildman–Crippen LogP) is -1.62. The number of rotatable bonds is 5. The lowest BCUT2D eigenvalue weighted by atomic mass is 10.1. The van der Waals surface area contributed by atoms with Crippen LogP contribution in [0, 0.1) is 35.4 Å². The van der Waals surface area contributed by atoms with Crippen LogP contribution in [0.25, 0.3) is 0 Å². The second-order valence-electron chi connectivity index (χ2n) is 7.89. The Kier molecular flexibility index (Phi) is 5.58. The minimum atomic E-state index is -4.30. The summed E-state index contributed by atoms with van der Waals surface area (Å²) in [7, 11) is -6.41. The van der Waals surface area contributed by atoms with E-state index < -0.39 is 50.1 Å². The van der Waals surface area contributed by atoms with Crippen molar-refractivity contribution < 1.29 is 31.1 Å². The summed E-state index contributed by atoms with van der Waals surface area (Å²) in [5.41, 5.74) is 4.64. The summed E-state index contributed by atoms with van der Waals surface area (Å²) in [5, 5.41) is 10.00. The van der Waals surface area contributed by atoms with Crippen LogP contribution >= 0.6 is 0 Å². The largest absolute Gasteiger partial charge is 0.506 e. The number of likely N-dealkylation sites (N-methyl/N-ethyl adjacent to an activating group) is 1. The molecule has 11 nitrogen and oxygen atoms in total. The molecular formula is C18H22FN5O6S2. The molecule has 0 bridgehead atoms. The number of hydrogen-bond acceptors (Lipinski definition) is 7. The summed E-state index contributed by atoms with van der Waals surface area (Å²) in [4.78, 5) is 11.4. The van der Waals surface area contributed by atoms with Crippen molar-refractivity contribution in [2.24, 2.45) is 23.5 Å². The van der Waals surface area contributed by atoms with E-state index in [1.807, 2.05) is 0 Å². The van der Waals surface area contributed by atoms with Crippen LogP contribution < -0.4 is 14.8 Å². The molecule has 1 amide bonds. The number of benzene rings is 1. The maximum atomic E-state index is 15.0. The molecule has 174 valence electrons. The SMILES string of the molecule is CN(CCN)S(=O)(=O)N1C[C@@H]2C(C#Cc3ccc(O)c(N4CC(=O)NS4(=O)=O)c3F)[C@@H]2C1. The molecule has 3 atom stereocenters. The smallest absolute Gasteiger partial charge is 0.326 e. The summed E-state index contributed by atoms with van der Waals surface area (Å²) in [6.07, 6.45) is 0. The fourth-order valence-electron chi connectivity index (χ4n) is 4.08. The van der Waals surface area contributed by atoms with Crippen molar-refractivity contribution in [1.29, 1.82) is 0 Å². The minimum absolute atomic E-state index is 0.0315.